The molecule has 0 aromatic heterocycles. The van der Waals surface area contributed by atoms with E-state index in [1.165, 1.54) is 0 Å². The van der Waals surface area contributed by atoms with Gasteiger partial charge in [-0.2, -0.15) is 4.99 Å². The number of rotatable bonds is 9. The first-order valence-electron chi connectivity index (χ1n) is 8.80. The fraction of sp³-hybridized carbons (Fsp3) is 0.444. The molecule has 1 aliphatic rings. The number of halogens is 1. The van der Waals surface area contributed by atoms with E-state index in [0.717, 1.165) is 34.5 Å². The number of aliphatic hydroxyl groups is 1. The monoisotopic (exact) mass is 439 g/mol. The molecule has 1 aliphatic heterocycles. The van der Waals surface area contributed by atoms with Crippen molar-refractivity contribution in [3.8, 4) is 0 Å². The first-order valence-corrected chi connectivity index (χ1v) is 10.4. The molecule has 0 fully saturated rings. The van der Waals surface area contributed by atoms with Crippen LogP contribution in [-0.2, 0) is 0 Å². The van der Waals surface area contributed by atoms with Gasteiger partial charge in [-0.3, -0.25) is 4.72 Å². The number of guanidine groups is 1. The summed E-state index contributed by atoms with van der Waals surface area (Å²) in [5.74, 6) is 1.21. The molecule has 2 rings (SSSR count). The highest BCUT2D eigenvalue weighted by atomic mass is 79.9. The van der Waals surface area contributed by atoms with Crippen molar-refractivity contribution in [1.29, 1.82) is 0 Å². The predicted octanol–water partition coefficient (Wildman–Crippen LogP) is 3.86. The van der Waals surface area contributed by atoms with Crippen LogP contribution in [-0.4, -0.2) is 36.5 Å². The highest BCUT2D eigenvalue weighted by Gasteiger charge is 2.13. The quantitative estimate of drug-likeness (QED) is 0.346. The van der Waals surface area contributed by atoms with Crippen molar-refractivity contribution in [2.45, 2.75) is 44.0 Å². The molecule has 0 saturated carbocycles. The molecule has 0 amide bonds. The third-order valence-electron chi connectivity index (χ3n) is 3.67. The van der Waals surface area contributed by atoms with Crippen LogP contribution in [0.3, 0.4) is 0 Å². The van der Waals surface area contributed by atoms with E-state index in [0.29, 0.717) is 18.2 Å². The Hall–Kier alpha value is -1.35. The van der Waals surface area contributed by atoms with Gasteiger partial charge >= 0.3 is 0 Å². The molecule has 8 heteroatoms. The van der Waals surface area contributed by atoms with Crippen molar-refractivity contribution in [3.05, 3.63) is 34.6 Å². The standard InChI is InChI=1S/C18H26BrN5OS/c1-3-10-21-26-15-7-5-14(6-8-15)23-18-20-11-9-16(19)17(24-18)22-13(4-2)12-25/h5-8,11,13,21-22,25H,3-4,9-10,12H2,1-2H3,(H,23,24). The van der Waals surface area contributed by atoms with Crippen molar-refractivity contribution in [2.24, 2.45) is 9.98 Å². The van der Waals surface area contributed by atoms with Crippen LogP contribution in [0.25, 0.3) is 0 Å². The Labute approximate surface area is 167 Å². The second kappa shape index (κ2) is 11.4. The van der Waals surface area contributed by atoms with Crippen molar-refractivity contribution >= 4 is 45.7 Å². The molecule has 1 aromatic carbocycles. The van der Waals surface area contributed by atoms with E-state index >= 15 is 0 Å². The van der Waals surface area contributed by atoms with Gasteiger partial charge in [0.25, 0.3) is 0 Å². The van der Waals surface area contributed by atoms with Crippen molar-refractivity contribution < 1.29 is 5.11 Å². The fourth-order valence-corrected chi connectivity index (χ4v) is 3.21. The number of allylic oxidation sites excluding steroid dienone is 1. The molecule has 0 saturated heterocycles. The van der Waals surface area contributed by atoms with Gasteiger partial charge in [0.05, 0.1) is 12.6 Å². The minimum Gasteiger partial charge on any atom is -0.394 e. The normalized spacial score (nSPS) is 15.5. The van der Waals surface area contributed by atoms with E-state index in [1.807, 2.05) is 25.3 Å². The van der Waals surface area contributed by atoms with Crippen LogP contribution in [0.4, 0.5) is 5.69 Å². The SMILES string of the molecule is CCCNSc1ccc(NC2=NC(NC(CC)CO)=C(Br)CC=N2)cc1. The van der Waals surface area contributed by atoms with Crippen LogP contribution in [0.5, 0.6) is 0 Å². The molecule has 142 valence electrons. The number of anilines is 1. The lowest BCUT2D eigenvalue weighted by molar-refractivity contribution is 0.246. The smallest absolute Gasteiger partial charge is 0.228 e. The summed E-state index contributed by atoms with van der Waals surface area (Å²) in [4.78, 5) is 10.1. The molecule has 26 heavy (non-hydrogen) atoms. The Kier molecular flexibility index (Phi) is 9.17. The summed E-state index contributed by atoms with van der Waals surface area (Å²) >= 11 is 5.17. The molecule has 6 nitrogen and oxygen atoms in total. The maximum absolute atomic E-state index is 9.41. The van der Waals surface area contributed by atoms with Gasteiger partial charge in [0.15, 0.2) is 0 Å². The minimum absolute atomic E-state index is 0.0346. The Bertz CT molecular complexity index is 656. The van der Waals surface area contributed by atoms with Crippen LogP contribution in [0.1, 0.15) is 33.1 Å². The van der Waals surface area contributed by atoms with Crippen molar-refractivity contribution in [1.82, 2.24) is 10.0 Å². The molecule has 0 radical (unpaired) electrons. The number of aliphatic imine (C=N–C) groups is 2. The van der Waals surface area contributed by atoms with Crippen molar-refractivity contribution in [3.63, 3.8) is 0 Å². The molecule has 1 atom stereocenters. The van der Waals surface area contributed by atoms with E-state index in [1.54, 1.807) is 11.9 Å². The van der Waals surface area contributed by atoms with Crippen molar-refractivity contribution in [2.75, 3.05) is 18.5 Å². The maximum Gasteiger partial charge on any atom is 0.228 e. The summed E-state index contributed by atoms with van der Waals surface area (Å²) in [6, 6.07) is 8.09. The van der Waals surface area contributed by atoms with Gasteiger partial charge in [-0.15, -0.1) is 0 Å². The topological polar surface area (TPSA) is 81.0 Å². The predicted molar refractivity (Wildman–Crippen MR) is 115 cm³/mol. The van der Waals surface area contributed by atoms with Gasteiger partial charge < -0.3 is 15.7 Å². The average molecular weight is 440 g/mol. The van der Waals surface area contributed by atoms with Crippen LogP contribution in [0, 0.1) is 0 Å². The van der Waals surface area contributed by atoms with Gasteiger partial charge in [0.1, 0.15) is 5.82 Å². The lowest BCUT2D eigenvalue weighted by Gasteiger charge is -2.17. The zero-order valence-electron chi connectivity index (χ0n) is 15.1. The summed E-state index contributed by atoms with van der Waals surface area (Å²) in [6.07, 6.45) is 4.38. The van der Waals surface area contributed by atoms with Gasteiger partial charge in [-0.1, -0.05) is 29.8 Å². The molecule has 0 spiro atoms. The number of benzene rings is 1. The zero-order valence-corrected chi connectivity index (χ0v) is 17.5. The Morgan fingerprint density at radius 1 is 1.27 bits per heavy atom. The first kappa shape index (κ1) is 21.0. The zero-order chi connectivity index (χ0) is 18.8. The largest absolute Gasteiger partial charge is 0.394 e. The lowest BCUT2D eigenvalue weighted by atomic mass is 10.2. The Balaban J connectivity index is 2.04. The van der Waals surface area contributed by atoms with Gasteiger partial charge in [-0.25, -0.2) is 4.99 Å². The molecule has 1 heterocycles. The number of hydrogen-bond acceptors (Lipinski definition) is 7. The van der Waals surface area contributed by atoms with E-state index in [4.69, 9.17) is 0 Å². The van der Waals surface area contributed by atoms with E-state index in [9.17, 15) is 5.11 Å². The molecule has 1 aromatic rings. The molecule has 4 N–H and O–H groups in total. The van der Waals surface area contributed by atoms with Gasteiger partial charge in [0, 0.05) is 34.2 Å². The van der Waals surface area contributed by atoms with E-state index < -0.39 is 0 Å². The summed E-state index contributed by atoms with van der Waals surface area (Å²) in [7, 11) is 0. The second-order valence-electron chi connectivity index (χ2n) is 5.78. The summed E-state index contributed by atoms with van der Waals surface area (Å²) in [5.41, 5.74) is 0.923. The molecular weight excluding hydrogens is 414 g/mol. The fourth-order valence-electron chi connectivity index (χ4n) is 2.12. The van der Waals surface area contributed by atoms with E-state index in [2.05, 4.69) is 60.3 Å². The molecule has 1 unspecified atom stereocenters. The number of aliphatic hydroxyl groups excluding tert-OH is 1. The average Bonchev–Trinajstić information content (AvgIpc) is 2.82. The molecular formula is C18H26BrN5OS. The highest BCUT2D eigenvalue weighted by Crippen LogP contribution is 2.20. The molecule has 0 bridgehead atoms. The van der Waals surface area contributed by atoms with Gasteiger partial charge in [-0.05, 0) is 49.1 Å². The Morgan fingerprint density at radius 3 is 2.69 bits per heavy atom. The van der Waals surface area contributed by atoms with Crippen LogP contribution < -0.4 is 15.4 Å². The molecule has 0 aliphatic carbocycles. The third-order valence-corrected chi connectivity index (χ3v) is 5.22. The third kappa shape index (κ3) is 6.75. The number of nitrogens with zero attached hydrogens (tertiary/aromatic N) is 2. The summed E-state index contributed by atoms with van der Waals surface area (Å²) in [5, 5.41) is 15.9. The van der Waals surface area contributed by atoms with E-state index in [-0.39, 0.29) is 12.6 Å². The summed E-state index contributed by atoms with van der Waals surface area (Å²) in [6.45, 7) is 5.21. The number of nitrogens with one attached hydrogen (secondary N) is 3. The lowest BCUT2D eigenvalue weighted by Crippen LogP contribution is -2.31. The first-order chi connectivity index (χ1) is 12.7. The Morgan fingerprint density at radius 2 is 2.04 bits per heavy atom. The van der Waals surface area contributed by atoms with Crippen LogP contribution in [0.2, 0.25) is 0 Å². The maximum atomic E-state index is 9.41. The highest BCUT2D eigenvalue weighted by molar-refractivity contribution is 9.11. The van der Waals surface area contributed by atoms with Gasteiger partial charge in [0.2, 0.25) is 5.96 Å². The van der Waals surface area contributed by atoms with Crippen LogP contribution >= 0.6 is 27.9 Å². The second-order valence-corrected chi connectivity index (χ2v) is 7.70. The number of hydrogen-bond donors (Lipinski definition) is 4. The summed E-state index contributed by atoms with van der Waals surface area (Å²) < 4.78 is 4.22. The minimum atomic E-state index is -0.0346. The van der Waals surface area contributed by atoms with Crippen LogP contribution in [0.15, 0.2) is 49.4 Å².